The number of hydrogen-bond donors (Lipinski definition) is 1. The predicted molar refractivity (Wildman–Crippen MR) is 116 cm³/mol. The minimum atomic E-state index is 0.0336. The summed E-state index contributed by atoms with van der Waals surface area (Å²) in [7, 11) is 3.24. The standard InChI is InChI=1S/C21H24N2O3S2/c1-12-4-6-14-17(10-12)28-19-18(14)20(24)23(21(27)22-19)9-8-13-5-7-15(25-2)16(11-13)26-3/h5,7,11-12H,4,6,8-10H2,1-3H3,(H,22,27)/t12-/m1/s1. The van der Waals surface area contributed by atoms with Gasteiger partial charge in [0.2, 0.25) is 0 Å². The summed E-state index contributed by atoms with van der Waals surface area (Å²) in [6, 6.07) is 5.83. The van der Waals surface area contributed by atoms with Crippen LogP contribution in [0.5, 0.6) is 11.5 Å². The zero-order valence-electron chi connectivity index (χ0n) is 16.3. The van der Waals surface area contributed by atoms with E-state index in [1.807, 2.05) is 18.2 Å². The Balaban J connectivity index is 1.68. The first-order chi connectivity index (χ1) is 13.5. The Hall–Kier alpha value is -2.12. The number of fused-ring (bicyclic) bond motifs is 3. The molecule has 0 saturated carbocycles. The number of ether oxygens (including phenoxy) is 2. The van der Waals surface area contributed by atoms with Crippen molar-refractivity contribution >= 4 is 33.8 Å². The van der Waals surface area contributed by atoms with Gasteiger partial charge in [-0.3, -0.25) is 9.36 Å². The van der Waals surface area contributed by atoms with Gasteiger partial charge in [0, 0.05) is 11.4 Å². The molecule has 1 aliphatic rings. The Morgan fingerprint density at radius 2 is 2.07 bits per heavy atom. The number of aromatic amines is 1. The van der Waals surface area contributed by atoms with Crippen molar-refractivity contribution in [3.63, 3.8) is 0 Å². The fourth-order valence-electron chi connectivity index (χ4n) is 3.94. The van der Waals surface area contributed by atoms with Crippen molar-refractivity contribution in [3.05, 3.63) is 49.3 Å². The van der Waals surface area contributed by atoms with Crippen LogP contribution in [-0.2, 0) is 25.8 Å². The number of benzene rings is 1. The minimum absolute atomic E-state index is 0.0336. The zero-order valence-corrected chi connectivity index (χ0v) is 18.0. The van der Waals surface area contributed by atoms with Crippen LogP contribution in [0.15, 0.2) is 23.0 Å². The van der Waals surface area contributed by atoms with Gasteiger partial charge < -0.3 is 14.5 Å². The largest absolute Gasteiger partial charge is 0.493 e. The predicted octanol–water partition coefficient (Wildman–Crippen LogP) is 4.51. The average Bonchev–Trinajstić information content (AvgIpc) is 3.04. The number of H-pyrrole nitrogens is 1. The van der Waals surface area contributed by atoms with Gasteiger partial charge in [-0.1, -0.05) is 13.0 Å². The quantitative estimate of drug-likeness (QED) is 0.622. The molecule has 1 aliphatic carbocycles. The van der Waals surface area contributed by atoms with Crippen LogP contribution in [0.25, 0.3) is 10.2 Å². The highest BCUT2D eigenvalue weighted by Gasteiger charge is 2.23. The zero-order chi connectivity index (χ0) is 19.8. The Bertz CT molecular complexity index is 1140. The lowest BCUT2D eigenvalue weighted by Gasteiger charge is -2.17. The number of thiophene rings is 1. The molecule has 0 amide bonds. The Kier molecular flexibility index (Phi) is 5.29. The van der Waals surface area contributed by atoms with Crippen LogP contribution in [0.4, 0.5) is 0 Å². The SMILES string of the molecule is COc1ccc(CCn2c(=S)[nH]c3sc4c(c3c2=O)CC[C@@H](C)C4)cc1OC. The van der Waals surface area contributed by atoms with Crippen molar-refractivity contribution in [2.45, 2.75) is 39.2 Å². The summed E-state index contributed by atoms with van der Waals surface area (Å²) in [5, 5.41) is 0.841. The first-order valence-corrected chi connectivity index (χ1v) is 10.7. The van der Waals surface area contributed by atoms with Crippen LogP contribution in [0.1, 0.15) is 29.3 Å². The normalized spacial score (nSPS) is 16.2. The third-order valence-electron chi connectivity index (χ3n) is 5.51. The van der Waals surface area contributed by atoms with Gasteiger partial charge in [-0.25, -0.2) is 0 Å². The topological polar surface area (TPSA) is 56.2 Å². The van der Waals surface area contributed by atoms with Crippen LogP contribution in [0, 0.1) is 10.7 Å². The van der Waals surface area contributed by atoms with E-state index in [0.29, 0.717) is 35.2 Å². The van der Waals surface area contributed by atoms with Crippen molar-refractivity contribution in [1.82, 2.24) is 9.55 Å². The molecule has 0 unspecified atom stereocenters. The van der Waals surface area contributed by atoms with Gasteiger partial charge >= 0.3 is 0 Å². The van der Waals surface area contributed by atoms with Crippen molar-refractivity contribution < 1.29 is 9.47 Å². The molecule has 1 N–H and O–H groups in total. The van der Waals surface area contributed by atoms with Gasteiger partial charge in [0.25, 0.3) is 5.56 Å². The molecule has 0 fully saturated rings. The van der Waals surface area contributed by atoms with E-state index in [2.05, 4.69) is 11.9 Å². The van der Waals surface area contributed by atoms with E-state index in [1.54, 1.807) is 30.1 Å². The van der Waals surface area contributed by atoms with Crippen molar-refractivity contribution in [3.8, 4) is 11.5 Å². The highest BCUT2D eigenvalue weighted by Crippen LogP contribution is 2.35. The smallest absolute Gasteiger partial charge is 0.263 e. The van der Waals surface area contributed by atoms with Crippen molar-refractivity contribution in [1.29, 1.82) is 0 Å². The van der Waals surface area contributed by atoms with Crippen LogP contribution in [0.3, 0.4) is 0 Å². The fraction of sp³-hybridized carbons (Fsp3) is 0.429. The third kappa shape index (κ3) is 3.37. The van der Waals surface area contributed by atoms with Gasteiger partial charge in [0.1, 0.15) is 4.83 Å². The van der Waals surface area contributed by atoms with Crippen LogP contribution in [-0.4, -0.2) is 23.8 Å². The number of methoxy groups -OCH3 is 2. The molecule has 0 radical (unpaired) electrons. The molecule has 1 aromatic carbocycles. The van der Waals surface area contributed by atoms with Crippen molar-refractivity contribution in [2.75, 3.05) is 14.2 Å². The highest BCUT2D eigenvalue weighted by molar-refractivity contribution is 7.71. The highest BCUT2D eigenvalue weighted by atomic mass is 32.1. The van der Waals surface area contributed by atoms with E-state index in [1.165, 1.54) is 10.4 Å². The summed E-state index contributed by atoms with van der Waals surface area (Å²) in [6.45, 7) is 2.80. The maximum atomic E-state index is 13.2. The van der Waals surface area contributed by atoms with Crippen molar-refractivity contribution in [2.24, 2.45) is 5.92 Å². The molecular formula is C21H24N2O3S2. The lowest BCUT2D eigenvalue weighted by atomic mass is 9.89. The van der Waals surface area contributed by atoms with Gasteiger partial charge in [0.05, 0.1) is 19.6 Å². The molecule has 0 saturated heterocycles. The second-order valence-electron chi connectivity index (χ2n) is 7.38. The van der Waals surface area contributed by atoms with Crippen LogP contribution < -0.4 is 15.0 Å². The molecule has 5 nitrogen and oxygen atoms in total. The number of aryl methyl sites for hydroxylation is 2. The second kappa shape index (κ2) is 7.72. The Morgan fingerprint density at radius 1 is 1.29 bits per heavy atom. The molecular weight excluding hydrogens is 392 g/mol. The summed E-state index contributed by atoms with van der Waals surface area (Å²) in [5.74, 6) is 2.06. The number of hydrogen-bond acceptors (Lipinski definition) is 5. The van der Waals surface area contributed by atoms with Gasteiger partial charge in [0.15, 0.2) is 16.3 Å². The first-order valence-electron chi connectivity index (χ1n) is 9.50. The third-order valence-corrected chi connectivity index (χ3v) is 7.00. The molecule has 2 heterocycles. The van der Waals surface area contributed by atoms with Crippen LogP contribution >= 0.6 is 23.6 Å². The summed E-state index contributed by atoms with van der Waals surface area (Å²) in [4.78, 5) is 18.8. The Morgan fingerprint density at radius 3 is 2.82 bits per heavy atom. The molecule has 1 atom stereocenters. The van der Waals surface area contributed by atoms with E-state index >= 15 is 0 Å². The monoisotopic (exact) mass is 416 g/mol. The first kappa shape index (κ1) is 19.2. The number of rotatable bonds is 5. The van der Waals surface area contributed by atoms with Gasteiger partial charge in [-0.05, 0) is 67.1 Å². The summed E-state index contributed by atoms with van der Waals surface area (Å²) >= 11 is 7.20. The second-order valence-corrected chi connectivity index (χ2v) is 8.87. The minimum Gasteiger partial charge on any atom is -0.493 e. The summed E-state index contributed by atoms with van der Waals surface area (Å²) in [5.41, 5.74) is 2.33. The van der Waals surface area contributed by atoms with E-state index in [9.17, 15) is 4.79 Å². The molecule has 4 rings (SSSR count). The molecule has 2 aromatic heterocycles. The van der Waals surface area contributed by atoms with E-state index in [4.69, 9.17) is 21.7 Å². The maximum Gasteiger partial charge on any atom is 0.263 e. The fourth-order valence-corrected chi connectivity index (χ4v) is 5.68. The average molecular weight is 417 g/mol. The number of nitrogens with zero attached hydrogens (tertiary/aromatic N) is 1. The number of aromatic nitrogens is 2. The molecule has 3 aromatic rings. The lowest BCUT2D eigenvalue weighted by Crippen LogP contribution is -2.24. The molecule has 28 heavy (non-hydrogen) atoms. The summed E-state index contributed by atoms with van der Waals surface area (Å²) < 4.78 is 12.9. The molecule has 148 valence electrons. The van der Waals surface area contributed by atoms with E-state index in [-0.39, 0.29) is 5.56 Å². The summed E-state index contributed by atoms with van der Waals surface area (Å²) in [6.07, 6.45) is 3.86. The van der Waals surface area contributed by atoms with Gasteiger partial charge in [-0.15, -0.1) is 11.3 Å². The maximum absolute atomic E-state index is 13.2. The molecule has 0 spiro atoms. The van der Waals surface area contributed by atoms with E-state index in [0.717, 1.165) is 35.0 Å². The van der Waals surface area contributed by atoms with Gasteiger partial charge in [-0.2, -0.15) is 0 Å². The molecule has 7 heteroatoms. The Labute approximate surface area is 172 Å². The molecule has 0 aliphatic heterocycles. The van der Waals surface area contributed by atoms with E-state index < -0.39 is 0 Å². The lowest BCUT2D eigenvalue weighted by molar-refractivity contribution is 0.354. The molecule has 0 bridgehead atoms. The number of nitrogens with one attached hydrogen (secondary N) is 1. The van der Waals surface area contributed by atoms with Crippen LogP contribution in [0.2, 0.25) is 0 Å².